The predicted octanol–water partition coefficient (Wildman–Crippen LogP) is 4.81. The number of hydrogen-bond acceptors (Lipinski definition) is 3. The van der Waals surface area contributed by atoms with Crippen LogP contribution in [-0.4, -0.2) is 26.0 Å². The van der Waals surface area contributed by atoms with Gasteiger partial charge in [0.1, 0.15) is 0 Å². The summed E-state index contributed by atoms with van der Waals surface area (Å²) in [7, 11) is 0. The molecule has 2 N–H and O–H groups in total. The zero-order chi connectivity index (χ0) is 20.8. The third-order valence-corrected chi connectivity index (χ3v) is 5.13. The predicted molar refractivity (Wildman–Crippen MR) is 120 cm³/mol. The molecule has 0 saturated heterocycles. The van der Waals surface area contributed by atoms with Crippen LogP contribution < -0.4 is 0 Å². The number of pyridine rings is 1. The average Bonchev–Trinajstić information content (AvgIpc) is 3.50. The molecule has 4 rings (SSSR count). The van der Waals surface area contributed by atoms with Gasteiger partial charge in [-0.3, -0.25) is 4.98 Å². The van der Waals surface area contributed by atoms with Crippen molar-refractivity contribution in [1.82, 2.24) is 9.97 Å². The van der Waals surface area contributed by atoms with Crippen molar-refractivity contribution in [2.75, 3.05) is 0 Å². The number of aliphatic imine (C=N–C) groups is 2. The Labute approximate surface area is 184 Å². The van der Waals surface area contributed by atoms with E-state index in [4.69, 9.17) is 5.73 Å². The second-order valence-electron chi connectivity index (χ2n) is 6.55. The Morgan fingerprint density at radius 2 is 1.70 bits per heavy atom. The molecular weight excluding hydrogens is 424 g/mol. The van der Waals surface area contributed by atoms with Crippen LogP contribution in [0.1, 0.15) is 17.1 Å². The Balaban J connectivity index is 1.43. The van der Waals surface area contributed by atoms with Crippen molar-refractivity contribution in [2.24, 2.45) is 9.98 Å². The summed E-state index contributed by atoms with van der Waals surface area (Å²) in [5.41, 5.74) is 14.6. The van der Waals surface area contributed by atoms with E-state index in [2.05, 4.69) is 30.6 Å². The normalized spacial score (nSPS) is 18.7. The molecule has 5 nitrogen and oxygen atoms in total. The molecule has 2 aromatic rings. The van der Waals surface area contributed by atoms with Crippen LogP contribution in [0.25, 0.3) is 17.9 Å². The second kappa shape index (κ2) is 9.33. The zero-order valence-electron chi connectivity index (χ0n) is 16.2. The molecule has 0 atom stereocenters. The zero-order valence-corrected chi connectivity index (χ0v) is 19.2. The van der Waals surface area contributed by atoms with Gasteiger partial charge in [0.25, 0.3) is 0 Å². The van der Waals surface area contributed by atoms with Crippen LogP contribution in [0.5, 0.6) is 0 Å². The summed E-state index contributed by atoms with van der Waals surface area (Å²) >= 11 is 1.10. The summed E-state index contributed by atoms with van der Waals surface area (Å²) in [6.07, 6.45) is 20.0. The third kappa shape index (κ3) is 5.31. The minimum absolute atomic E-state index is 0.339. The van der Waals surface area contributed by atoms with Crippen LogP contribution in [0.3, 0.4) is 0 Å². The van der Waals surface area contributed by atoms with Crippen molar-refractivity contribution >= 4 is 28.2 Å². The standard InChI is InChI=1S/C24H17N5.Zn/c1-17-5-7-21(27-17)15-22-11-12-24(29-22)16-23-10-9-20(28-23)14-18(25)6-8-19-4-2-3-13-26-19;/h1-7,9-16,25,28H;/q-2;. The summed E-state index contributed by atoms with van der Waals surface area (Å²) < 4.78 is 2.10. The van der Waals surface area contributed by atoms with Gasteiger partial charge in [0, 0.05) is 6.20 Å². The molecule has 142 valence electrons. The number of aromatic amines is 1. The van der Waals surface area contributed by atoms with E-state index >= 15 is 0 Å². The molecule has 2 aliphatic heterocycles. The summed E-state index contributed by atoms with van der Waals surface area (Å²) in [5, 5.41) is 0. The first kappa shape index (κ1) is 19.8. The van der Waals surface area contributed by atoms with Crippen molar-refractivity contribution < 1.29 is 17.9 Å². The molecule has 0 unspecified atom stereocenters. The van der Waals surface area contributed by atoms with Crippen LogP contribution in [-0.2, 0) is 17.9 Å². The first-order chi connectivity index (χ1) is 14.7. The van der Waals surface area contributed by atoms with Gasteiger partial charge in [-0.15, -0.1) is 18.2 Å². The molecule has 4 heterocycles. The molecule has 0 saturated carbocycles. The fraction of sp³-hybridized carbons (Fsp3) is 0. The molecular formula is C24H17N5Zn-2. The van der Waals surface area contributed by atoms with E-state index in [1.807, 2.05) is 66.8 Å². The molecule has 0 bridgehead atoms. The van der Waals surface area contributed by atoms with E-state index in [0.717, 1.165) is 52.1 Å². The molecule has 30 heavy (non-hydrogen) atoms. The number of nitrogens with zero attached hydrogens (tertiary/aromatic N) is 3. The number of nitrogens with one attached hydrogen (secondary N) is 2. The van der Waals surface area contributed by atoms with E-state index < -0.39 is 0 Å². The van der Waals surface area contributed by atoms with Crippen LogP contribution in [0.15, 0.2) is 100 Å². The van der Waals surface area contributed by atoms with Crippen LogP contribution in [0.4, 0.5) is 0 Å². The van der Waals surface area contributed by atoms with Crippen molar-refractivity contribution in [3.8, 4) is 0 Å². The van der Waals surface area contributed by atoms with Crippen LogP contribution in [0.2, 0.25) is 0 Å². The first-order valence-corrected chi connectivity index (χ1v) is 11.1. The molecule has 6 heteroatoms. The fourth-order valence-electron chi connectivity index (χ4n) is 2.86. The van der Waals surface area contributed by atoms with E-state index in [1.54, 1.807) is 18.3 Å². The topological polar surface area (TPSA) is 77.2 Å². The Hall–Kier alpha value is -3.50. The Morgan fingerprint density at radius 3 is 2.47 bits per heavy atom. The van der Waals surface area contributed by atoms with Gasteiger partial charge in [0.05, 0.1) is 0 Å². The maximum absolute atomic E-state index is 8.08. The third-order valence-electron chi connectivity index (χ3n) is 4.26. The average molecular weight is 441 g/mol. The molecule has 0 aromatic carbocycles. The summed E-state index contributed by atoms with van der Waals surface area (Å²) in [5.74, 6) is 0. The second-order valence-corrected chi connectivity index (χ2v) is 7.41. The van der Waals surface area contributed by atoms with Gasteiger partial charge in [-0.25, -0.2) is 5.70 Å². The molecule has 2 aliphatic rings. The maximum atomic E-state index is 8.08. The first-order valence-electron chi connectivity index (χ1n) is 9.40. The number of allylic oxidation sites excluding steroid dienone is 6. The van der Waals surface area contributed by atoms with E-state index in [-0.39, 0.29) is 0 Å². The summed E-state index contributed by atoms with van der Waals surface area (Å²) in [6.45, 7) is 0. The van der Waals surface area contributed by atoms with Gasteiger partial charge >= 0.3 is 120 Å². The number of H-pyrrole nitrogens is 1. The molecule has 0 spiro atoms. The van der Waals surface area contributed by atoms with Crippen molar-refractivity contribution in [3.63, 3.8) is 0 Å². The van der Waals surface area contributed by atoms with Crippen molar-refractivity contribution in [2.45, 2.75) is 0 Å². The van der Waals surface area contributed by atoms with Gasteiger partial charge in [-0.05, 0) is 5.69 Å². The van der Waals surface area contributed by atoms with Crippen molar-refractivity contribution in [3.05, 3.63) is 119 Å². The monoisotopic (exact) mass is 439 g/mol. The number of hydrogen-bond donors (Lipinski definition) is 1. The molecule has 0 fully saturated rings. The van der Waals surface area contributed by atoms with Gasteiger partial charge < -0.3 is 5.73 Å². The van der Waals surface area contributed by atoms with Gasteiger partial charge in [0.15, 0.2) is 0 Å². The molecule has 0 aliphatic carbocycles. The molecule has 0 radical (unpaired) electrons. The van der Waals surface area contributed by atoms with Gasteiger partial charge in [-0.2, -0.15) is 12.2 Å². The Kier molecular flexibility index (Phi) is 6.16. The molecule has 0 amide bonds. The Bertz CT molecular complexity index is 1200. The van der Waals surface area contributed by atoms with E-state index in [9.17, 15) is 0 Å². The van der Waals surface area contributed by atoms with E-state index in [0.29, 0.717) is 11.4 Å². The van der Waals surface area contributed by atoms with Crippen LogP contribution >= 0.6 is 0 Å². The summed E-state index contributed by atoms with van der Waals surface area (Å²) in [4.78, 5) is 16.6. The molecule has 2 aromatic heterocycles. The summed E-state index contributed by atoms with van der Waals surface area (Å²) in [6, 6.07) is 9.49. The quantitative estimate of drug-likeness (QED) is 0.390. The van der Waals surface area contributed by atoms with Crippen LogP contribution in [0, 0.1) is 6.08 Å². The SMILES string of the molecule is [NH-]C(C=[C-]c1ccccn1)=Cc1ccc(C=C2C=CC(C=C3C=CC([CH]=[Zn])=N3)=N2)[nH]1. The minimum atomic E-state index is 0.339. The number of aromatic nitrogens is 2. The Morgan fingerprint density at radius 1 is 0.933 bits per heavy atom. The number of rotatable bonds is 6. The van der Waals surface area contributed by atoms with Crippen molar-refractivity contribution in [1.29, 1.82) is 0 Å². The fourth-order valence-corrected chi connectivity index (χ4v) is 3.34. The van der Waals surface area contributed by atoms with Gasteiger partial charge in [0.2, 0.25) is 0 Å². The van der Waals surface area contributed by atoms with E-state index in [1.165, 1.54) is 0 Å². The van der Waals surface area contributed by atoms with Gasteiger partial charge in [-0.1, -0.05) is 6.07 Å².